The molecule has 0 atom stereocenters. The molecule has 0 aromatic heterocycles. The van der Waals surface area contributed by atoms with Gasteiger partial charge in [-0.05, 0) is 73.6 Å². The van der Waals surface area contributed by atoms with E-state index < -0.39 is 28.1 Å². The summed E-state index contributed by atoms with van der Waals surface area (Å²) < 4.78 is 34.0. The Morgan fingerprint density at radius 1 is 1.10 bits per heavy atom. The van der Waals surface area contributed by atoms with Crippen molar-refractivity contribution in [2.24, 2.45) is 5.73 Å². The second-order valence-electron chi connectivity index (χ2n) is 10.7. The fourth-order valence-corrected chi connectivity index (χ4v) is 7.35. The van der Waals surface area contributed by atoms with Crippen LogP contribution in [0.5, 0.6) is 0 Å². The van der Waals surface area contributed by atoms with Gasteiger partial charge in [-0.2, -0.15) is 0 Å². The molecular weight excluding hydrogens is 554 g/mol. The number of hydrogen-bond donors (Lipinski definition) is 3. The first-order valence-corrected chi connectivity index (χ1v) is 15.7. The molecule has 2 aromatic carbocycles. The Bertz CT molecular complexity index is 1400. The van der Waals surface area contributed by atoms with E-state index in [4.69, 9.17) is 32.0 Å². The zero-order valence-corrected chi connectivity index (χ0v) is 24.2. The quantitative estimate of drug-likeness (QED) is 0.331. The summed E-state index contributed by atoms with van der Waals surface area (Å²) in [6.07, 6.45) is 6.92. The molecular formula is C29H36ClN3O6S. The van der Waals surface area contributed by atoms with E-state index in [1.807, 2.05) is 19.1 Å². The number of esters is 1. The molecule has 11 heteroatoms. The molecule has 9 nitrogen and oxygen atoms in total. The van der Waals surface area contributed by atoms with Crippen LogP contribution in [0.2, 0.25) is 5.02 Å². The first-order chi connectivity index (χ1) is 19.1. The number of nitrogens with one attached hydrogen (secondary N) is 2. The van der Waals surface area contributed by atoms with Gasteiger partial charge in [0.1, 0.15) is 5.75 Å². The molecule has 2 fully saturated rings. The van der Waals surface area contributed by atoms with Crippen molar-refractivity contribution in [3.05, 3.63) is 58.2 Å². The summed E-state index contributed by atoms with van der Waals surface area (Å²) in [5.41, 5.74) is 10.3. The molecule has 1 saturated heterocycles. The van der Waals surface area contributed by atoms with Gasteiger partial charge >= 0.3 is 5.97 Å². The Morgan fingerprint density at radius 2 is 1.77 bits per heavy atom. The standard InChI is InChI=1S/C28H34ClN3O4S.CH2O2/c1-19-16-23(20-8-7-9-21(17-20)31-37(34,35)15-14-32-12-5-6-13-32)24(29)18-22(19)25-26(30)28(36-27(25)33)10-3-2-4-11-28;2-1-3/h7-9,16-18,31H,2-6,10-15,30H2,1H3;1H,(H,2,3). The van der Waals surface area contributed by atoms with Crippen LogP contribution >= 0.6 is 11.6 Å². The summed E-state index contributed by atoms with van der Waals surface area (Å²) in [5.74, 6) is -0.298. The molecule has 3 aliphatic rings. The van der Waals surface area contributed by atoms with Gasteiger partial charge in [0.05, 0.1) is 30.9 Å². The molecule has 1 aliphatic carbocycles. The topological polar surface area (TPSA) is 143 Å². The summed E-state index contributed by atoms with van der Waals surface area (Å²) in [6.45, 7) is 4.12. The van der Waals surface area contributed by atoms with Crippen LogP contribution in [0.4, 0.5) is 5.69 Å². The van der Waals surface area contributed by atoms with Crippen molar-refractivity contribution in [2.45, 2.75) is 57.5 Å². The number of carbonyl (C=O) groups is 2. The molecule has 0 radical (unpaired) electrons. The number of aryl methyl sites for hydroxylation is 1. The highest BCUT2D eigenvalue weighted by Crippen LogP contribution is 2.45. The lowest BCUT2D eigenvalue weighted by Gasteiger charge is -2.32. The minimum atomic E-state index is -3.46. The second kappa shape index (κ2) is 12.6. The Hall–Kier alpha value is -3.08. The lowest BCUT2D eigenvalue weighted by molar-refractivity contribution is -0.884. The molecule has 40 heavy (non-hydrogen) atoms. The van der Waals surface area contributed by atoms with Crippen molar-refractivity contribution in [3.63, 3.8) is 0 Å². The zero-order chi connectivity index (χ0) is 28.9. The largest absolute Gasteiger partial charge is 0.554 e. The predicted molar refractivity (Wildman–Crippen MR) is 153 cm³/mol. The number of hydrogen-bond acceptors (Lipinski definition) is 7. The first-order valence-electron chi connectivity index (χ1n) is 13.6. The minimum Gasteiger partial charge on any atom is -0.554 e. The van der Waals surface area contributed by atoms with Crippen LogP contribution in [0.3, 0.4) is 0 Å². The van der Waals surface area contributed by atoms with E-state index in [-0.39, 0.29) is 5.75 Å². The average Bonchev–Trinajstić information content (AvgIpc) is 3.51. The second-order valence-corrected chi connectivity index (χ2v) is 12.9. The lowest BCUT2D eigenvalue weighted by Crippen LogP contribution is -3.10. The number of anilines is 1. The van der Waals surface area contributed by atoms with Gasteiger partial charge in [-0.3, -0.25) is 4.72 Å². The highest BCUT2D eigenvalue weighted by atomic mass is 35.5. The first kappa shape index (κ1) is 29.9. The predicted octanol–water partition coefficient (Wildman–Crippen LogP) is 2.03. The number of sulfonamides is 1. The molecule has 5 rings (SSSR count). The molecule has 4 N–H and O–H groups in total. The third-order valence-electron chi connectivity index (χ3n) is 7.98. The van der Waals surface area contributed by atoms with Crippen LogP contribution < -0.4 is 20.5 Å². The average molecular weight is 590 g/mol. The van der Waals surface area contributed by atoms with E-state index in [2.05, 4.69) is 4.72 Å². The van der Waals surface area contributed by atoms with E-state index in [1.165, 1.54) is 4.90 Å². The fourth-order valence-electron chi connectivity index (χ4n) is 5.93. The monoisotopic (exact) mass is 589 g/mol. The van der Waals surface area contributed by atoms with E-state index in [1.54, 1.807) is 24.3 Å². The van der Waals surface area contributed by atoms with Crippen LogP contribution in [0, 0.1) is 6.92 Å². The molecule has 2 aromatic rings. The maximum absolute atomic E-state index is 12.9. The van der Waals surface area contributed by atoms with Gasteiger partial charge in [0.25, 0.3) is 0 Å². The van der Waals surface area contributed by atoms with Gasteiger partial charge in [0, 0.05) is 35.6 Å². The van der Waals surface area contributed by atoms with Crippen molar-refractivity contribution in [2.75, 3.05) is 30.1 Å². The lowest BCUT2D eigenvalue weighted by atomic mass is 9.81. The summed E-state index contributed by atoms with van der Waals surface area (Å²) >= 11 is 6.74. The molecule has 0 unspecified atom stereocenters. The Morgan fingerprint density at radius 3 is 2.45 bits per heavy atom. The normalized spacial score (nSPS) is 18.8. The summed E-state index contributed by atoms with van der Waals surface area (Å²) in [5, 5.41) is 8.70. The van der Waals surface area contributed by atoms with Crippen LogP contribution in [0.15, 0.2) is 42.1 Å². The number of carboxylic acid groups (broad SMARTS) is 1. The van der Waals surface area contributed by atoms with Gasteiger partial charge in [-0.25, -0.2) is 13.2 Å². The third kappa shape index (κ3) is 6.62. The minimum absolute atomic E-state index is 0.0925. The van der Waals surface area contributed by atoms with E-state index >= 15 is 0 Å². The number of carbonyl (C=O) groups excluding carboxylic acids is 2. The number of nitrogens with two attached hydrogens (primary N) is 1. The van der Waals surface area contributed by atoms with E-state index in [0.29, 0.717) is 34.1 Å². The molecule has 0 amide bonds. The Kier molecular flexibility index (Phi) is 9.43. The molecule has 2 aliphatic heterocycles. The number of ether oxygens (including phenoxy) is 1. The Balaban J connectivity index is 0.00000118. The summed E-state index contributed by atoms with van der Waals surface area (Å²) in [4.78, 5) is 22.5. The maximum Gasteiger partial charge on any atom is 0.341 e. The maximum atomic E-state index is 12.9. The van der Waals surface area contributed by atoms with Gasteiger partial charge in [0.15, 0.2) is 5.60 Å². The molecule has 0 bridgehead atoms. The highest BCUT2D eigenvalue weighted by molar-refractivity contribution is 7.92. The molecule has 1 spiro atoms. The molecule has 216 valence electrons. The van der Waals surface area contributed by atoms with Crippen molar-refractivity contribution >= 4 is 45.3 Å². The highest BCUT2D eigenvalue weighted by Gasteiger charge is 2.47. The van der Waals surface area contributed by atoms with Crippen molar-refractivity contribution in [3.8, 4) is 11.1 Å². The molecule has 2 heterocycles. The fraction of sp³-hybridized carbons (Fsp3) is 0.448. The van der Waals surface area contributed by atoms with Crippen molar-refractivity contribution in [1.29, 1.82) is 0 Å². The van der Waals surface area contributed by atoms with Gasteiger partial charge in [-0.15, -0.1) is 0 Å². The smallest absolute Gasteiger partial charge is 0.341 e. The number of likely N-dealkylation sites (tertiary alicyclic amines) is 1. The molecule has 1 saturated carbocycles. The number of rotatable bonds is 7. The Labute approximate surface area is 240 Å². The van der Waals surface area contributed by atoms with E-state index in [9.17, 15) is 13.2 Å². The van der Waals surface area contributed by atoms with Gasteiger partial charge in [0.2, 0.25) is 10.0 Å². The van der Waals surface area contributed by atoms with Crippen LogP contribution in [-0.4, -0.2) is 51.8 Å². The number of quaternary nitrogens is 1. The summed E-state index contributed by atoms with van der Waals surface area (Å²) in [6, 6.07) is 10.9. The van der Waals surface area contributed by atoms with Gasteiger partial charge in [-0.1, -0.05) is 30.2 Å². The number of halogens is 1. The van der Waals surface area contributed by atoms with Crippen LogP contribution in [0.1, 0.15) is 56.1 Å². The van der Waals surface area contributed by atoms with Crippen molar-refractivity contribution < 1.29 is 32.8 Å². The van der Waals surface area contributed by atoms with Crippen LogP contribution in [-0.2, 0) is 24.3 Å². The summed E-state index contributed by atoms with van der Waals surface area (Å²) in [7, 11) is -3.46. The van der Waals surface area contributed by atoms with Crippen molar-refractivity contribution in [1.82, 2.24) is 0 Å². The van der Waals surface area contributed by atoms with E-state index in [0.717, 1.165) is 74.7 Å². The zero-order valence-electron chi connectivity index (χ0n) is 22.6. The third-order valence-corrected chi connectivity index (χ3v) is 9.58. The SMILES string of the molecule is Cc1cc(-c2cccc(NS(=O)(=O)CC[NH+]3CCCC3)c2)c(Cl)cc1C1=C(N)C2(CCCCC2)OC1=O.O=C[O-]. The van der Waals surface area contributed by atoms with Crippen LogP contribution in [0.25, 0.3) is 16.7 Å². The van der Waals surface area contributed by atoms with Gasteiger partial charge < -0.3 is 25.3 Å². The number of benzene rings is 2.